The Hall–Kier alpha value is -2.82. The largest absolute Gasteiger partial charge is 0.393 e. The van der Waals surface area contributed by atoms with E-state index in [2.05, 4.69) is 14.8 Å². The summed E-state index contributed by atoms with van der Waals surface area (Å²) in [6.45, 7) is -1.42. The molecule has 4 atom stereocenters. The quantitative estimate of drug-likeness (QED) is 0.310. The molecular formula is C30H32ClF3N6O4S2. The lowest BCUT2D eigenvalue weighted by atomic mass is 9.70. The Morgan fingerprint density at radius 3 is 2.57 bits per heavy atom. The molecule has 4 aliphatic rings. The van der Waals surface area contributed by atoms with Crippen LogP contribution in [0.15, 0.2) is 52.7 Å². The van der Waals surface area contributed by atoms with Crippen molar-refractivity contribution in [2.45, 2.75) is 68.0 Å². The summed E-state index contributed by atoms with van der Waals surface area (Å²) in [6.07, 6.45) is 4.67. The minimum absolute atomic E-state index is 0.0880. The van der Waals surface area contributed by atoms with Crippen molar-refractivity contribution in [1.82, 2.24) is 24.4 Å². The van der Waals surface area contributed by atoms with Gasteiger partial charge in [-0.05, 0) is 62.6 Å². The first-order valence-electron chi connectivity index (χ1n) is 15.0. The minimum atomic E-state index is -3.96. The van der Waals surface area contributed by atoms with Gasteiger partial charge in [-0.1, -0.05) is 17.7 Å². The average Bonchev–Trinajstić information content (AvgIpc) is 3.80. The number of fused-ring (bicyclic) bond motifs is 3. The van der Waals surface area contributed by atoms with Crippen LogP contribution in [0.1, 0.15) is 67.9 Å². The lowest BCUT2D eigenvalue weighted by Gasteiger charge is -2.46. The third-order valence-corrected chi connectivity index (χ3v) is 13.5. The van der Waals surface area contributed by atoms with Crippen LogP contribution in [-0.4, -0.2) is 73.7 Å². The van der Waals surface area contributed by atoms with E-state index < -0.39 is 51.4 Å². The van der Waals surface area contributed by atoms with E-state index in [4.69, 9.17) is 16.6 Å². The molecular weight excluding hydrogens is 665 g/mol. The van der Waals surface area contributed by atoms with Crippen molar-refractivity contribution in [2.75, 3.05) is 13.2 Å². The number of rotatable bonds is 8. The topological polar surface area (TPSA) is 133 Å². The summed E-state index contributed by atoms with van der Waals surface area (Å²) >= 11 is 7.87. The van der Waals surface area contributed by atoms with E-state index >= 15 is 0 Å². The molecule has 16 heteroatoms. The highest BCUT2D eigenvalue weighted by molar-refractivity contribution is 7.90. The first-order valence-corrected chi connectivity index (χ1v) is 17.7. The van der Waals surface area contributed by atoms with Gasteiger partial charge in [0.25, 0.3) is 0 Å². The number of alkyl halides is 2. The highest BCUT2D eigenvalue weighted by Gasteiger charge is 2.60. The molecule has 0 amide bonds. The first kappa shape index (κ1) is 31.8. The van der Waals surface area contributed by atoms with E-state index in [0.717, 1.165) is 12.3 Å². The molecule has 4 heterocycles. The number of aliphatic hydroxyl groups is 2. The molecule has 2 aromatic heterocycles. The van der Waals surface area contributed by atoms with Gasteiger partial charge < -0.3 is 15.1 Å². The van der Waals surface area contributed by atoms with E-state index in [1.807, 2.05) is 4.90 Å². The lowest BCUT2D eigenvalue weighted by molar-refractivity contribution is -0.101. The molecule has 10 nitrogen and oxygen atoms in total. The number of benzene rings is 1. The van der Waals surface area contributed by atoms with Gasteiger partial charge in [-0.15, -0.1) is 11.3 Å². The second-order valence-electron chi connectivity index (χ2n) is 12.8. The van der Waals surface area contributed by atoms with Gasteiger partial charge in [-0.25, -0.2) is 27.2 Å². The van der Waals surface area contributed by atoms with Gasteiger partial charge in [0.05, 0.1) is 22.6 Å². The monoisotopic (exact) mass is 696 g/mol. The van der Waals surface area contributed by atoms with Crippen LogP contribution in [0, 0.1) is 17.7 Å². The van der Waals surface area contributed by atoms with E-state index in [9.17, 15) is 31.8 Å². The van der Waals surface area contributed by atoms with Gasteiger partial charge in [0.1, 0.15) is 11.9 Å². The molecule has 0 radical (unpaired) electrons. The maximum absolute atomic E-state index is 14.1. The molecule has 7 rings (SSSR count). The molecule has 0 spiro atoms. The van der Waals surface area contributed by atoms with Crippen molar-refractivity contribution in [3.8, 4) is 0 Å². The smallest absolute Gasteiger partial charge is 0.333 e. The summed E-state index contributed by atoms with van der Waals surface area (Å²) < 4.78 is 71.9. The van der Waals surface area contributed by atoms with Crippen LogP contribution in [0.5, 0.6) is 0 Å². The normalized spacial score (nSPS) is 31.1. The summed E-state index contributed by atoms with van der Waals surface area (Å²) in [4.78, 5) is 11.3. The Bertz CT molecular complexity index is 1820. The van der Waals surface area contributed by atoms with Crippen LogP contribution in [0.4, 0.5) is 13.2 Å². The highest BCUT2D eigenvalue weighted by Crippen LogP contribution is 2.55. The predicted molar refractivity (Wildman–Crippen MR) is 166 cm³/mol. The molecule has 2 unspecified atom stereocenters. The van der Waals surface area contributed by atoms with E-state index in [0.29, 0.717) is 45.2 Å². The van der Waals surface area contributed by atoms with Crippen LogP contribution in [0.25, 0.3) is 5.57 Å². The molecule has 1 aromatic carbocycles. The molecule has 2 bridgehead atoms. The fourth-order valence-corrected chi connectivity index (χ4v) is 10.4. The van der Waals surface area contributed by atoms with Crippen LogP contribution in [0.3, 0.4) is 0 Å². The Kier molecular flexibility index (Phi) is 7.88. The number of hydrogen-bond acceptors (Lipinski definition) is 9. The van der Waals surface area contributed by atoms with Crippen LogP contribution >= 0.6 is 22.9 Å². The molecule has 3 aromatic rings. The van der Waals surface area contributed by atoms with Gasteiger partial charge >= 0.3 is 6.55 Å². The fraction of sp³-hybridized carbons (Fsp3) is 0.500. The van der Waals surface area contributed by atoms with Crippen molar-refractivity contribution in [3.05, 3.63) is 74.8 Å². The zero-order valence-electron chi connectivity index (χ0n) is 24.7. The summed E-state index contributed by atoms with van der Waals surface area (Å²) in [7, 11) is -3.96. The predicted octanol–water partition coefficient (Wildman–Crippen LogP) is 4.74. The van der Waals surface area contributed by atoms with Crippen molar-refractivity contribution in [3.63, 3.8) is 0 Å². The number of aliphatic imine (C=N–C) groups is 1. The third kappa shape index (κ3) is 5.10. The number of amidine groups is 1. The Balaban J connectivity index is 1.29. The molecule has 46 heavy (non-hydrogen) atoms. The summed E-state index contributed by atoms with van der Waals surface area (Å²) in [5, 5.41) is 27.6. The van der Waals surface area contributed by atoms with Gasteiger partial charge in [0.2, 0.25) is 10.0 Å². The van der Waals surface area contributed by atoms with Gasteiger partial charge in [0, 0.05) is 58.6 Å². The number of hydrogen-bond donors (Lipinski definition) is 3. The standard InChI is InChI=1S/C30H32ClF3N6O4S2/c1-29(12-16-2-3-17(13-29)30(16,42)15-41)46(43,44)38-19-11-23-24(22-6-8-40(37-22)28(33)34)25(20-5-4-18(32)10-21(20)31)36-26(39(23)14-19)27-35-7-9-45-27/h4-10,16-17,19,25,28,38,41-42H,2-3,11-15H2,1H3/t16?,17?,19-,25-,29?,30?/m0/s1. The number of nitrogens with zero attached hydrogens (tertiary/aromatic N) is 5. The number of thiazole rings is 1. The SMILES string of the molecule is CC1(S(=O)(=O)N[C@H]2CC3=C(c4ccn(C(F)F)n4)[C@H](c4ccc(F)cc4Cl)N=C(c4nccs4)N3C2)CC2CCC(C1)C2(O)CO. The van der Waals surface area contributed by atoms with Crippen LogP contribution in [0.2, 0.25) is 5.02 Å². The van der Waals surface area contributed by atoms with Gasteiger partial charge in [-0.3, -0.25) is 4.99 Å². The zero-order valence-corrected chi connectivity index (χ0v) is 27.0. The zero-order chi connectivity index (χ0) is 32.6. The highest BCUT2D eigenvalue weighted by atomic mass is 35.5. The van der Waals surface area contributed by atoms with Crippen molar-refractivity contribution in [1.29, 1.82) is 0 Å². The molecule has 2 saturated carbocycles. The Labute approximate surface area is 272 Å². The summed E-state index contributed by atoms with van der Waals surface area (Å²) in [6, 6.07) is 3.83. The van der Waals surface area contributed by atoms with Crippen LogP contribution < -0.4 is 4.72 Å². The lowest BCUT2D eigenvalue weighted by Crippen LogP contribution is -2.58. The maximum Gasteiger partial charge on any atom is 0.333 e. The molecule has 2 aliphatic carbocycles. The fourth-order valence-electron chi connectivity index (χ4n) is 7.79. The number of aliphatic hydroxyl groups excluding tert-OH is 1. The van der Waals surface area contributed by atoms with E-state index in [-0.39, 0.29) is 48.4 Å². The molecule has 2 aliphatic heterocycles. The van der Waals surface area contributed by atoms with E-state index in [1.165, 1.54) is 29.5 Å². The van der Waals surface area contributed by atoms with Gasteiger partial charge in [0.15, 0.2) is 10.8 Å². The molecule has 246 valence electrons. The first-order chi connectivity index (χ1) is 21.8. The number of nitrogens with one attached hydrogen (secondary N) is 1. The van der Waals surface area contributed by atoms with Crippen molar-refractivity contribution in [2.24, 2.45) is 16.8 Å². The van der Waals surface area contributed by atoms with Gasteiger partial charge in [-0.2, -0.15) is 13.9 Å². The van der Waals surface area contributed by atoms with Crippen molar-refractivity contribution >= 4 is 44.4 Å². The number of aromatic nitrogens is 3. The summed E-state index contributed by atoms with van der Waals surface area (Å²) in [5.74, 6) is -0.776. The minimum Gasteiger partial charge on any atom is -0.393 e. The maximum atomic E-state index is 14.1. The average molecular weight is 697 g/mol. The third-order valence-electron chi connectivity index (χ3n) is 10.1. The second kappa shape index (κ2) is 11.4. The second-order valence-corrected chi connectivity index (χ2v) is 16.3. The number of sulfonamides is 1. The summed E-state index contributed by atoms with van der Waals surface area (Å²) in [5.41, 5.74) is 0.415. The van der Waals surface area contributed by atoms with E-state index in [1.54, 1.807) is 18.5 Å². The van der Waals surface area contributed by atoms with Crippen LogP contribution in [-0.2, 0) is 10.0 Å². The Morgan fingerprint density at radius 2 is 1.96 bits per heavy atom. The molecule has 3 fully saturated rings. The Morgan fingerprint density at radius 1 is 1.22 bits per heavy atom. The molecule has 1 saturated heterocycles. The number of halogens is 4. The molecule has 3 N–H and O–H groups in total. The van der Waals surface area contributed by atoms with Crippen molar-refractivity contribution < 1.29 is 31.8 Å².